The Labute approximate surface area is 192 Å². The Morgan fingerprint density at radius 1 is 0.938 bits per heavy atom. The van der Waals surface area contributed by atoms with Gasteiger partial charge in [-0.2, -0.15) is 0 Å². The number of hydrogen-bond donors (Lipinski definition) is 1. The van der Waals surface area contributed by atoms with Gasteiger partial charge in [-0.1, -0.05) is 60.7 Å². The van der Waals surface area contributed by atoms with E-state index in [4.69, 9.17) is 4.74 Å². The summed E-state index contributed by atoms with van der Waals surface area (Å²) in [6, 6.07) is 20.8. The van der Waals surface area contributed by atoms with Crippen molar-refractivity contribution in [2.45, 2.75) is 45.6 Å². The molecule has 6 heteroatoms. The molecule has 0 unspecified atom stereocenters. The number of aliphatic hydroxyl groups is 1. The van der Waals surface area contributed by atoms with Crippen molar-refractivity contribution >= 4 is 6.09 Å². The number of ether oxygens (including phenoxy) is 1. The lowest BCUT2D eigenvalue weighted by Crippen LogP contribution is -2.52. The summed E-state index contributed by atoms with van der Waals surface area (Å²) in [5.41, 5.74) is 1.99. The first-order valence-electron chi connectivity index (χ1n) is 11.5. The molecule has 174 valence electrons. The Hall–Kier alpha value is -2.41. The molecule has 1 amide bonds. The van der Waals surface area contributed by atoms with E-state index >= 15 is 0 Å². The molecule has 2 aromatic rings. The molecule has 0 radical (unpaired) electrons. The van der Waals surface area contributed by atoms with Crippen LogP contribution < -0.4 is 0 Å². The predicted octanol–water partition coefficient (Wildman–Crippen LogP) is 3.60. The molecule has 0 aromatic heterocycles. The van der Waals surface area contributed by atoms with Crippen LogP contribution in [0.3, 0.4) is 0 Å². The van der Waals surface area contributed by atoms with Crippen LogP contribution in [0, 0.1) is 0 Å². The van der Waals surface area contributed by atoms with E-state index in [9.17, 15) is 9.90 Å². The van der Waals surface area contributed by atoms with Gasteiger partial charge < -0.3 is 14.7 Å². The second-order valence-corrected chi connectivity index (χ2v) is 9.56. The number of amides is 1. The van der Waals surface area contributed by atoms with Crippen molar-refractivity contribution in [2.24, 2.45) is 0 Å². The molecule has 0 saturated carbocycles. The first-order chi connectivity index (χ1) is 15.3. The zero-order chi connectivity index (χ0) is 23.0. The van der Waals surface area contributed by atoms with E-state index < -0.39 is 11.7 Å². The summed E-state index contributed by atoms with van der Waals surface area (Å²) in [6.45, 7) is 11.2. The Bertz CT molecular complexity index is 774. The van der Waals surface area contributed by atoms with E-state index in [0.29, 0.717) is 26.2 Å². The number of β-amino-alcohol motifs (C(OH)–C–C–N with tert-alkyl or cyclic N) is 1. The molecular weight excluding hydrogens is 402 g/mol. The third kappa shape index (κ3) is 8.26. The van der Waals surface area contributed by atoms with Gasteiger partial charge in [-0.3, -0.25) is 9.80 Å². The molecule has 1 fully saturated rings. The highest BCUT2D eigenvalue weighted by Crippen LogP contribution is 2.14. The molecule has 1 aliphatic heterocycles. The van der Waals surface area contributed by atoms with Crippen molar-refractivity contribution in [3.05, 3.63) is 71.8 Å². The maximum atomic E-state index is 12.3. The van der Waals surface area contributed by atoms with Crippen LogP contribution in [0.1, 0.15) is 31.9 Å². The summed E-state index contributed by atoms with van der Waals surface area (Å²) in [5.74, 6) is 0. The summed E-state index contributed by atoms with van der Waals surface area (Å²) in [6.07, 6.45) is -0.718. The van der Waals surface area contributed by atoms with E-state index in [2.05, 4.69) is 58.3 Å². The van der Waals surface area contributed by atoms with Gasteiger partial charge in [0.25, 0.3) is 0 Å². The third-order valence-corrected chi connectivity index (χ3v) is 5.46. The van der Waals surface area contributed by atoms with Crippen molar-refractivity contribution in [2.75, 3.05) is 39.3 Å². The highest BCUT2D eigenvalue weighted by atomic mass is 16.6. The van der Waals surface area contributed by atoms with Crippen molar-refractivity contribution in [1.82, 2.24) is 14.7 Å². The number of carbonyl (C=O) groups excluding carboxylic acids is 1. The zero-order valence-electron chi connectivity index (χ0n) is 19.6. The Morgan fingerprint density at radius 3 is 1.91 bits per heavy atom. The van der Waals surface area contributed by atoms with E-state index in [1.165, 1.54) is 11.1 Å². The summed E-state index contributed by atoms with van der Waals surface area (Å²) < 4.78 is 5.47. The molecule has 0 spiro atoms. The number of piperazine rings is 1. The maximum absolute atomic E-state index is 12.3. The first kappa shape index (κ1) is 24.2. The van der Waals surface area contributed by atoms with Crippen LogP contribution in [0.15, 0.2) is 60.7 Å². The van der Waals surface area contributed by atoms with Crippen LogP contribution in [0.25, 0.3) is 0 Å². The number of aliphatic hydroxyl groups excluding tert-OH is 1. The SMILES string of the molecule is CC(C)(C)OC(=O)N1CCN(C[C@H](O)CN(Cc2ccccc2)Cc2ccccc2)CC1. The monoisotopic (exact) mass is 439 g/mol. The molecule has 32 heavy (non-hydrogen) atoms. The van der Waals surface area contributed by atoms with Gasteiger partial charge in [0.15, 0.2) is 0 Å². The number of nitrogens with zero attached hydrogens (tertiary/aromatic N) is 3. The van der Waals surface area contributed by atoms with Crippen LogP contribution in [0.5, 0.6) is 0 Å². The van der Waals surface area contributed by atoms with E-state index in [0.717, 1.165) is 26.2 Å². The lowest BCUT2D eigenvalue weighted by molar-refractivity contribution is 0.00755. The molecule has 6 nitrogen and oxygen atoms in total. The van der Waals surface area contributed by atoms with E-state index in [1.54, 1.807) is 4.90 Å². The molecule has 1 atom stereocenters. The standard InChI is InChI=1S/C26H37N3O3/c1-26(2,3)32-25(31)29-16-14-27(15-17-29)20-24(30)21-28(18-22-10-6-4-7-11-22)19-23-12-8-5-9-13-23/h4-13,24,30H,14-21H2,1-3H3/t24-/m0/s1. The van der Waals surface area contributed by atoms with Gasteiger partial charge in [-0.05, 0) is 31.9 Å². The fourth-order valence-electron chi connectivity index (χ4n) is 3.96. The smallest absolute Gasteiger partial charge is 0.410 e. The number of carbonyl (C=O) groups is 1. The zero-order valence-corrected chi connectivity index (χ0v) is 19.6. The minimum absolute atomic E-state index is 0.255. The molecule has 3 rings (SSSR count). The summed E-state index contributed by atoms with van der Waals surface area (Å²) in [4.78, 5) is 18.5. The van der Waals surface area contributed by atoms with Crippen molar-refractivity contribution < 1.29 is 14.6 Å². The van der Waals surface area contributed by atoms with Gasteiger partial charge in [0.1, 0.15) is 5.60 Å². The minimum atomic E-state index is -0.481. The highest BCUT2D eigenvalue weighted by Gasteiger charge is 2.27. The molecular formula is C26H37N3O3. The molecule has 1 heterocycles. The molecule has 1 aliphatic rings. The largest absolute Gasteiger partial charge is 0.444 e. The van der Waals surface area contributed by atoms with Crippen LogP contribution in [0.4, 0.5) is 4.79 Å². The fraction of sp³-hybridized carbons (Fsp3) is 0.500. The van der Waals surface area contributed by atoms with Gasteiger partial charge in [0.05, 0.1) is 6.10 Å². The second kappa shape index (κ2) is 11.5. The van der Waals surface area contributed by atoms with Crippen molar-refractivity contribution in [1.29, 1.82) is 0 Å². The van der Waals surface area contributed by atoms with Gasteiger partial charge in [-0.25, -0.2) is 4.79 Å². The number of benzene rings is 2. The van der Waals surface area contributed by atoms with Gasteiger partial charge in [-0.15, -0.1) is 0 Å². The number of hydrogen-bond acceptors (Lipinski definition) is 5. The van der Waals surface area contributed by atoms with Crippen LogP contribution in [-0.4, -0.2) is 76.9 Å². The van der Waals surface area contributed by atoms with Crippen LogP contribution in [0.2, 0.25) is 0 Å². The molecule has 1 saturated heterocycles. The van der Waals surface area contributed by atoms with E-state index in [-0.39, 0.29) is 6.09 Å². The maximum Gasteiger partial charge on any atom is 0.410 e. The quantitative estimate of drug-likeness (QED) is 0.681. The van der Waals surface area contributed by atoms with E-state index in [1.807, 2.05) is 32.9 Å². The Morgan fingerprint density at radius 2 is 1.44 bits per heavy atom. The highest BCUT2D eigenvalue weighted by molar-refractivity contribution is 5.68. The van der Waals surface area contributed by atoms with Crippen LogP contribution >= 0.6 is 0 Å². The number of rotatable bonds is 8. The Balaban J connectivity index is 1.51. The van der Waals surface area contributed by atoms with Crippen molar-refractivity contribution in [3.63, 3.8) is 0 Å². The molecule has 2 aromatic carbocycles. The van der Waals surface area contributed by atoms with Gasteiger partial charge >= 0.3 is 6.09 Å². The topological polar surface area (TPSA) is 56.3 Å². The average molecular weight is 440 g/mol. The lowest BCUT2D eigenvalue weighted by Gasteiger charge is -2.37. The van der Waals surface area contributed by atoms with Crippen LogP contribution in [-0.2, 0) is 17.8 Å². The second-order valence-electron chi connectivity index (χ2n) is 9.56. The average Bonchev–Trinajstić information content (AvgIpc) is 2.74. The molecule has 1 N–H and O–H groups in total. The van der Waals surface area contributed by atoms with Crippen molar-refractivity contribution in [3.8, 4) is 0 Å². The third-order valence-electron chi connectivity index (χ3n) is 5.46. The molecule has 0 aliphatic carbocycles. The molecule has 0 bridgehead atoms. The van der Waals surface area contributed by atoms with Gasteiger partial charge in [0.2, 0.25) is 0 Å². The Kier molecular flexibility index (Phi) is 8.67. The fourth-order valence-corrected chi connectivity index (χ4v) is 3.96. The van der Waals surface area contributed by atoms with Gasteiger partial charge in [0, 0.05) is 52.4 Å². The first-order valence-corrected chi connectivity index (χ1v) is 11.5. The predicted molar refractivity (Wildman–Crippen MR) is 127 cm³/mol. The normalized spacial score (nSPS) is 16.2. The summed E-state index contributed by atoms with van der Waals surface area (Å²) >= 11 is 0. The summed E-state index contributed by atoms with van der Waals surface area (Å²) in [5, 5.41) is 10.9. The lowest BCUT2D eigenvalue weighted by atomic mass is 10.1. The summed E-state index contributed by atoms with van der Waals surface area (Å²) in [7, 11) is 0. The minimum Gasteiger partial charge on any atom is -0.444 e.